The molecule has 1 heterocycles. The third-order valence-corrected chi connectivity index (χ3v) is 10.6. The first kappa shape index (κ1) is 38.0. The first-order valence-electron chi connectivity index (χ1n) is 16.1. The van der Waals surface area contributed by atoms with Crippen LogP contribution in [0.4, 0.5) is 26.7 Å². The summed E-state index contributed by atoms with van der Waals surface area (Å²) in [6, 6.07) is 11.2. The van der Waals surface area contributed by atoms with E-state index >= 15 is 0 Å². The summed E-state index contributed by atoms with van der Waals surface area (Å²) in [5.74, 6) is -3.64. The summed E-state index contributed by atoms with van der Waals surface area (Å²) in [6.07, 6.45) is -4.28. The fourth-order valence-electron chi connectivity index (χ4n) is 6.52. The fourth-order valence-corrected chi connectivity index (χ4v) is 8.03. The highest BCUT2D eigenvalue weighted by Gasteiger charge is 2.39. The van der Waals surface area contributed by atoms with E-state index in [2.05, 4.69) is 0 Å². The van der Waals surface area contributed by atoms with E-state index in [1.807, 2.05) is 20.8 Å². The van der Waals surface area contributed by atoms with Crippen LogP contribution in [-0.4, -0.2) is 64.6 Å². The van der Waals surface area contributed by atoms with Crippen molar-refractivity contribution in [2.24, 2.45) is 5.41 Å². The van der Waals surface area contributed by atoms with Gasteiger partial charge in [-0.3, -0.25) is 9.59 Å². The molecule has 14 heteroatoms. The van der Waals surface area contributed by atoms with Crippen LogP contribution < -0.4 is 4.74 Å². The quantitative estimate of drug-likeness (QED) is 0.136. The van der Waals surface area contributed by atoms with Crippen LogP contribution in [0.5, 0.6) is 5.75 Å². The van der Waals surface area contributed by atoms with Gasteiger partial charge in [0.05, 0.1) is 22.2 Å². The summed E-state index contributed by atoms with van der Waals surface area (Å²) in [5, 5.41) is 9.59. The molecule has 0 aliphatic heterocycles. The predicted octanol–water partition coefficient (Wildman–Crippen LogP) is 10.2. The number of amides is 2. The molecule has 5 rings (SSSR count). The van der Waals surface area contributed by atoms with Gasteiger partial charge >= 0.3 is 12.3 Å². The number of ketones is 1. The van der Waals surface area contributed by atoms with Crippen LogP contribution in [0.2, 0.25) is 5.02 Å². The Labute approximate surface area is 300 Å². The highest BCUT2D eigenvalue weighted by Crippen LogP contribution is 2.41. The van der Waals surface area contributed by atoms with Crippen LogP contribution in [0.1, 0.15) is 72.0 Å². The Kier molecular flexibility index (Phi) is 11.0. The minimum absolute atomic E-state index is 0.0456. The summed E-state index contributed by atoms with van der Waals surface area (Å²) in [6.45, 7) is 6.13. The highest BCUT2D eigenvalue weighted by molar-refractivity contribution is 7.21. The van der Waals surface area contributed by atoms with Crippen LogP contribution in [0, 0.1) is 17.0 Å². The van der Waals surface area contributed by atoms with Gasteiger partial charge in [-0.2, -0.15) is 13.2 Å². The number of ether oxygens (including phenoxy) is 1. The van der Waals surface area contributed by atoms with Crippen LogP contribution >= 0.6 is 22.9 Å². The van der Waals surface area contributed by atoms with Crippen molar-refractivity contribution < 1.29 is 46.2 Å². The Hall–Kier alpha value is -4.23. The van der Waals surface area contributed by atoms with Gasteiger partial charge < -0.3 is 19.6 Å². The third-order valence-electron chi connectivity index (χ3n) is 8.93. The molecule has 2 amide bonds. The molecule has 0 spiro atoms. The second kappa shape index (κ2) is 14.8. The number of halogens is 6. The van der Waals surface area contributed by atoms with Crippen molar-refractivity contribution in [1.82, 2.24) is 9.80 Å². The number of rotatable bonds is 9. The van der Waals surface area contributed by atoms with E-state index in [0.29, 0.717) is 54.7 Å². The second-order valence-electron chi connectivity index (χ2n) is 13.8. The second-order valence-corrected chi connectivity index (χ2v) is 15.2. The number of carboxylic acid groups (broad SMARTS) is 1. The minimum atomic E-state index is -5.02. The average Bonchev–Trinajstić information content (AvgIpc) is 3.44. The number of alkyl halides is 3. The van der Waals surface area contributed by atoms with Gasteiger partial charge in [0, 0.05) is 36.3 Å². The maximum atomic E-state index is 14.8. The van der Waals surface area contributed by atoms with Gasteiger partial charge in [0.2, 0.25) is 0 Å². The molecular formula is C37H36ClF5N2O5S. The van der Waals surface area contributed by atoms with Crippen molar-refractivity contribution in [2.75, 3.05) is 13.7 Å². The number of benzene rings is 3. The average molecular weight is 751 g/mol. The number of carbonyl (C=O) groups is 3. The molecule has 1 aromatic heterocycles. The number of carbonyl (C=O) groups excluding carboxylic acids is 2. The third kappa shape index (κ3) is 8.30. The van der Waals surface area contributed by atoms with Crippen molar-refractivity contribution in [3.8, 4) is 16.9 Å². The molecule has 1 saturated carbocycles. The first-order chi connectivity index (χ1) is 23.9. The molecule has 0 bridgehead atoms. The molecule has 0 saturated heterocycles. The molecule has 272 valence electrons. The van der Waals surface area contributed by atoms with Gasteiger partial charge in [0.15, 0.2) is 0 Å². The van der Waals surface area contributed by atoms with E-state index < -0.39 is 47.2 Å². The Bertz CT molecular complexity index is 1950. The lowest BCUT2D eigenvalue weighted by atomic mass is 9.87. The SMILES string of the molecule is COc1ccc(-c2ccc(C(=O)C(F)(F)F)cc2)cc1CN(C(=O)c1sc2c(F)ccc(F)c2c1Cl)C1CCC(N(CC(C)(C)C)C(=O)O)CC1. The monoisotopic (exact) mass is 750 g/mol. The number of Topliss-reactive ketones (excluding diaryl/α,β-unsaturated/α-hetero) is 1. The van der Waals surface area contributed by atoms with Gasteiger partial charge in [-0.05, 0) is 66.5 Å². The Morgan fingerprint density at radius 2 is 1.45 bits per heavy atom. The van der Waals surface area contributed by atoms with Crippen molar-refractivity contribution >= 4 is 50.8 Å². The highest BCUT2D eigenvalue weighted by atomic mass is 35.5. The van der Waals surface area contributed by atoms with Gasteiger partial charge in [0.25, 0.3) is 11.7 Å². The predicted molar refractivity (Wildman–Crippen MR) is 186 cm³/mol. The Balaban J connectivity index is 1.51. The summed E-state index contributed by atoms with van der Waals surface area (Å²) in [7, 11) is 1.44. The summed E-state index contributed by atoms with van der Waals surface area (Å²) < 4.78 is 74.0. The molecule has 1 fully saturated rings. The number of methoxy groups -OCH3 is 1. The molecule has 7 nitrogen and oxygen atoms in total. The molecule has 0 atom stereocenters. The molecule has 3 aromatic carbocycles. The smallest absolute Gasteiger partial charge is 0.454 e. The topological polar surface area (TPSA) is 87.2 Å². The van der Waals surface area contributed by atoms with Gasteiger partial charge in [-0.15, -0.1) is 11.3 Å². The van der Waals surface area contributed by atoms with Crippen LogP contribution in [0.15, 0.2) is 54.6 Å². The van der Waals surface area contributed by atoms with Gasteiger partial charge in [-0.1, -0.05) is 62.7 Å². The number of nitrogens with zero attached hydrogens (tertiary/aromatic N) is 2. The van der Waals surface area contributed by atoms with Crippen LogP contribution in [0.3, 0.4) is 0 Å². The van der Waals surface area contributed by atoms with E-state index in [9.17, 15) is 41.4 Å². The summed E-state index contributed by atoms with van der Waals surface area (Å²) in [5.41, 5.74) is 0.799. The van der Waals surface area contributed by atoms with Gasteiger partial charge in [0.1, 0.15) is 22.3 Å². The largest absolute Gasteiger partial charge is 0.496 e. The van der Waals surface area contributed by atoms with E-state index in [-0.39, 0.29) is 38.0 Å². The molecule has 1 aliphatic rings. The van der Waals surface area contributed by atoms with Gasteiger partial charge in [-0.25, -0.2) is 13.6 Å². The van der Waals surface area contributed by atoms with Crippen molar-refractivity contribution in [3.63, 3.8) is 0 Å². The Morgan fingerprint density at radius 3 is 1.98 bits per heavy atom. The first-order valence-corrected chi connectivity index (χ1v) is 17.3. The molecule has 0 unspecified atom stereocenters. The maximum absolute atomic E-state index is 14.8. The zero-order valence-corrected chi connectivity index (χ0v) is 29.8. The normalized spacial score (nSPS) is 16.6. The number of hydrogen-bond acceptors (Lipinski definition) is 5. The molecule has 51 heavy (non-hydrogen) atoms. The zero-order chi connectivity index (χ0) is 37.4. The van der Waals surface area contributed by atoms with Crippen LogP contribution in [0.25, 0.3) is 21.2 Å². The van der Waals surface area contributed by atoms with Crippen molar-refractivity contribution in [3.05, 3.63) is 87.3 Å². The summed E-state index contributed by atoms with van der Waals surface area (Å²) >= 11 is 7.31. The zero-order valence-electron chi connectivity index (χ0n) is 28.2. The molecule has 1 aliphatic carbocycles. The number of thiophene rings is 1. The fraction of sp³-hybridized carbons (Fsp3) is 0.378. The molecule has 4 aromatic rings. The van der Waals surface area contributed by atoms with E-state index in [1.54, 1.807) is 23.1 Å². The van der Waals surface area contributed by atoms with E-state index in [4.69, 9.17) is 16.3 Å². The lowest BCUT2D eigenvalue weighted by Gasteiger charge is -2.41. The summed E-state index contributed by atoms with van der Waals surface area (Å²) in [4.78, 5) is 41.3. The lowest BCUT2D eigenvalue weighted by Crippen LogP contribution is -2.49. The lowest BCUT2D eigenvalue weighted by molar-refractivity contribution is -0.0885. The Morgan fingerprint density at radius 1 is 0.882 bits per heavy atom. The van der Waals surface area contributed by atoms with E-state index in [1.165, 1.54) is 24.1 Å². The standard InChI is InChI=1S/C37H36ClF5N2O5S/c1-36(2,3)19-45(35(48)49)25-12-10-24(11-13-25)44(34(47)32-30(38)29-26(39)14-15-27(40)31(29)51-32)18-23-17-22(9-16-28(23)50-4)20-5-7-21(8-6-20)33(46)37(41,42)43/h5-9,14-17,24-25H,10-13,18-19H2,1-4H3,(H,48,49). The van der Waals surface area contributed by atoms with Crippen molar-refractivity contribution in [1.29, 1.82) is 0 Å². The maximum Gasteiger partial charge on any atom is 0.454 e. The van der Waals surface area contributed by atoms with Crippen LogP contribution in [-0.2, 0) is 6.54 Å². The van der Waals surface area contributed by atoms with Crippen molar-refractivity contribution in [2.45, 2.75) is 71.3 Å². The number of hydrogen-bond donors (Lipinski definition) is 1. The molecular weight excluding hydrogens is 715 g/mol. The van der Waals surface area contributed by atoms with E-state index in [0.717, 1.165) is 35.6 Å². The minimum Gasteiger partial charge on any atom is -0.496 e. The molecule has 1 N–H and O–H groups in total. The molecule has 0 radical (unpaired) electrons. The number of fused-ring (bicyclic) bond motifs is 1.